The lowest BCUT2D eigenvalue weighted by atomic mass is 9.71. The molecule has 6 atom stereocenters. The van der Waals surface area contributed by atoms with Crippen LogP contribution in [0.5, 0.6) is 17.2 Å². The molecular formula is C33H35N3O14. The van der Waals surface area contributed by atoms with Gasteiger partial charge in [-0.3, -0.25) is 24.2 Å². The summed E-state index contributed by atoms with van der Waals surface area (Å²) in [6.07, 6.45) is -4.53. The van der Waals surface area contributed by atoms with E-state index in [1.54, 1.807) is 13.8 Å². The van der Waals surface area contributed by atoms with Crippen LogP contribution in [0.2, 0.25) is 0 Å². The quantitative estimate of drug-likeness (QED) is 0.125. The Morgan fingerprint density at radius 2 is 1.74 bits per heavy atom. The number of aromatic nitrogens is 2. The Labute approximate surface area is 282 Å². The smallest absolute Gasteiger partial charge is 0.352 e. The van der Waals surface area contributed by atoms with Crippen molar-refractivity contribution in [1.29, 1.82) is 0 Å². The molecule has 0 radical (unpaired) electrons. The lowest BCUT2D eigenvalue weighted by Crippen LogP contribution is -2.52. The van der Waals surface area contributed by atoms with Gasteiger partial charge in [0.1, 0.15) is 28.5 Å². The van der Waals surface area contributed by atoms with Crippen LogP contribution >= 0.6 is 0 Å². The minimum absolute atomic E-state index is 0.0119. The van der Waals surface area contributed by atoms with Crippen molar-refractivity contribution in [1.82, 2.24) is 9.97 Å². The largest absolute Gasteiger partial charge is 0.507 e. The van der Waals surface area contributed by atoms with Gasteiger partial charge in [0, 0.05) is 54.5 Å². The van der Waals surface area contributed by atoms with E-state index in [9.17, 15) is 49.2 Å². The number of aromatic carboxylic acids is 1. The van der Waals surface area contributed by atoms with Crippen molar-refractivity contribution in [3.8, 4) is 17.2 Å². The number of H-pyrrole nitrogens is 2. The van der Waals surface area contributed by atoms with E-state index in [-0.39, 0.29) is 47.3 Å². The van der Waals surface area contributed by atoms with Gasteiger partial charge in [-0.1, -0.05) is 19.1 Å². The first-order chi connectivity index (χ1) is 23.5. The molecule has 3 aliphatic rings. The number of aromatic amines is 2. The molecule has 0 bridgehead atoms. The second-order valence-electron chi connectivity index (χ2n) is 12.2. The number of aromatic hydroxyl groups is 2. The third kappa shape index (κ3) is 6.32. The molecule has 6 rings (SSSR count). The van der Waals surface area contributed by atoms with Crippen molar-refractivity contribution in [2.75, 3.05) is 7.11 Å². The molecule has 0 amide bonds. The van der Waals surface area contributed by atoms with E-state index in [1.807, 2.05) is 9.97 Å². The molecule has 1 aliphatic heterocycles. The number of ether oxygens (including phenoxy) is 3. The van der Waals surface area contributed by atoms with Gasteiger partial charge in [-0.2, -0.15) is 0 Å². The van der Waals surface area contributed by atoms with Crippen LogP contribution in [0.25, 0.3) is 0 Å². The zero-order chi connectivity index (χ0) is 36.8. The number of Topliss-reactive ketones (excluding diaryl/α,β-unsaturated/α-hetero) is 1. The molecule has 1 aromatic heterocycles. The first-order valence-electron chi connectivity index (χ1n) is 15.5. The van der Waals surface area contributed by atoms with Crippen molar-refractivity contribution < 1.29 is 58.9 Å². The monoisotopic (exact) mass is 697 g/mol. The number of hydrogen-bond acceptors (Lipinski definition) is 14. The normalized spacial score (nSPS) is 25.4. The lowest BCUT2D eigenvalue weighted by Gasteiger charge is -2.42. The molecule has 1 fully saturated rings. The number of aliphatic hydroxyl groups is 2. The summed E-state index contributed by atoms with van der Waals surface area (Å²) in [7, 11) is 1.34. The number of nitrogens with one attached hydrogen (secondary N) is 2. The predicted molar refractivity (Wildman–Crippen MR) is 170 cm³/mol. The summed E-state index contributed by atoms with van der Waals surface area (Å²) < 4.78 is 17.1. The summed E-state index contributed by atoms with van der Waals surface area (Å²) in [5.74, 6) is -4.41. The molecule has 1 saturated heterocycles. The number of aliphatic hydroxyl groups excluding tert-OH is 1. The Balaban J connectivity index is 0.000000377. The standard InChI is InChI=1S/C28H31NO10.C5H4N2O4/c1-4-17(30)28(36)9-13-20(16(10-28)39-18-8-14(29)23(31)11(2)38-18)27(35)22-21(25(13)33)24(32)12-6-5-7-15(37-3)19(12)26(22)34;8-3-1-2(4(9)10)6-5(11)7-3/h5-7,11,14,16,18,23,31,33,35-36H,4,8-10,29H2,1-3H3;1H,(H,9,10)(H2,6,7,8,11)/t11-,14-,16-,18-,23+,28-;/m0./s1. The van der Waals surface area contributed by atoms with Crippen LogP contribution in [0.15, 0.2) is 33.9 Å². The topological polar surface area (TPSA) is 289 Å². The zero-order valence-corrected chi connectivity index (χ0v) is 27.0. The third-order valence-electron chi connectivity index (χ3n) is 8.97. The van der Waals surface area contributed by atoms with Gasteiger partial charge in [0.25, 0.3) is 5.56 Å². The SMILES string of the molecule is CCC(=O)[C@]1(O)Cc2c(O)c3c(c(O)c2[C@@H](O[C@H]2C[C@H](N)[C@H](O)[C@H](C)O2)C1)C(=O)c1c(OC)cccc1C3=O.O=C(O)c1cc(=O)[nH]c(=O)[nH]1. The van der Waals surface area contributed by atoms with Crippen molar-refractivity contribution in [3.63, 3.8) is 0 Å². The fraction of sp³-hybridized carbons (Fsp3) is 0.394. The van der Waals surface area contributed by atoms with Crippen LogP contribution in [0.1, 0.15) is 92.7 Å². The van der Waals surface area contributed by atoms with Gasteiger partial charge in [-0.05, 0) is 13.0 Å². The average Bonchev–Trinajstić information content (AvgIpc) is 3.06. The number of benzene rings is 2. The second-order valence-corrected chi connectivity index (χ2v) is 12.2. The van der Waals surface area contributed by atoms with E-state index in [4.69, 9.17) is 25.1 Å². The van der Waals surface area contributed by atoms with Crippen LogP contribution in [0.4, 0.5) is 0 Å². The lowest BCUT2D eigenvalue weighted by molar-refractivity contribution is -0.247. The van der Waals surface area contributed by atoms with E-state index >= 15 is 0 Å². The number of phenolic OH excluding ortho intramolecular Hbond substituents is 2. The fourth-order valence-corrected chi connectivity index (χ4v) is 6.52. The number of carbonyl (C=O) groups is 4. The number of carboxylic acids is 1. The van der Waals surface area contributed by atoms with Gasteiger partial charge in [-0.15, -0.1) is 0 Å². The number of rotatable bonds is 6. The maximum absolute atomic E-state index is 13.7. The number of fused-ring (bicyclic) bond motifs is 3. The Morgan fingerprint density at radius 3 is 2.34 bits per heavy atom. The van der Waals surface area contributed by atoms with Crippen molar-refractivity contribution in [2.24, 2.45) is 5.73 Å². The molecule has 3 aromatic rings. The number of carbonyl (C=O) groups excluding carboxylic acids is 3. The number of nitrogens with two attached hydrogens (primary N) is 1. The maximum atomic E-state index is 13.7. The van der Waals surface area contributed by atoms with E-state index in [1.165, 1.54) is 25.3 Å². The van der Waals surface area contributed by atoms with Gasteiger partial charge in [0.2, 0.25) is 5.78 Å². The van der Waals surface area contributed by atoms with Crippen LogP contribution in [-0.2, 0) is 20.7 Å². The molecule has 2 heterocycles. The zero-order valence-electron chi connectivity index (χ0n) is 27.0. The van der Waals surface area contributed by atoms with Crippen molar-refractivity contribution in [2.45, 2.75) is 75.8 Å². The summed E-state index contributed by atoms with van der Waals surface area (Å²) in [5, 5.41) is 52.8. The molecule has 0 unspecified atom stereocenters. The summed E-state index contributed by atoms with van der Waals surface area (Å²) in [6, 6.07) is 4.56. The number of carboxylic acid groups (broad SMARTS) is 1. The third-order valence-corrected chi connectivity index (χ3v) is 8.97. The van der Waals surface area contributed by atoms with Crippen LogP contribution in [-0.4, -0.2) is 96.1 Å². The van der Waals surface area contributed by atoms with Gasteiger partial charge in [0.05, 0.1) is 42.1 Å². The number of methoxy groups -OCH3 is 1. The highest BCUT2D eigenvalue weighted by atomic mass is 16.7. The molecule has 266 valence electrons. The predicted octanol–water partition coefficient (Wildman–Crippen LogP) is 0.180. The highest BCUT2D eigenvalue weighted by Gasteiger charge is 2.50. The molecule has 0 spiro atoms. The maximum Gasteiger partial charge on any atom is 0.352 e. The van der Waals surface area contributed by atoms with E-state index in [0.717, 1.165) is 6.07 Å². The van der Waals surface area contributed by atoms with Gasteiger partial charge >= 0.3 is 11.7 Å². The first-order valence-corrected chi connectivity index (χ1v) is 15.5. The molecule has 2 aliphatic carbocycles. The van der Waals surface area contributed by atoms with Gasteiger partial charge in [0.15, 0.2) is 17.9 Å². The molecule has 50 heavy (non-hydrogen) atoms. The minimum Gasteiger partial charge on any atom is -0.507 e. The summed E-state index contributed by atoms with van der Waals surface area (Å²) in [5.41, 5.74) is 1.06. The van der Waals surface area contributed by atoms with E-state index < -0.39 is 106 Å². The number of phenols is 2. The second kappa shape index (κ2) is 13.6. The summed E-state index contributed by atoms with van der Waals surface area (Å²) >= 11 is 0. The Morgan fingerprint density at radius 1 is 1.06 bits per heavy atom. The van der Waals surface area contributed by atoms with Crippen LogP contribution in [0.3, 0.4) is 0 Å². The minimum atomic E-state index is -1.99. The summed E-state index contributed by atoms with van der Waals surface area (Å²) in [4.78, 5) is 74.9. The van der Waals surface area contributed by atoms with E-state index in [2.05, 4.69) is 0 Å². The Hall–Kier alpha value is -5.20. The van der Waals surface area contributed by atoms with E-state index in [0.29, 0.717) is 0 Å². The highest BCUT2D eigenvalue weighted by Crippen LogP contribution is 2.52. The van der Waals surface area contributed by atoms with Crippen LogP contribution < -0.4 is 21.7 Å². The Kier molecular flexibility index (Phi) is 9.82. The molecule has 17 heteroatoms. The fourth-order valence-electron chi connectivity index (χ4n) is 6.52. The molecule has 9 N–H and O–H groups in total. The van der Waals surface area contributed by atoms with Crippen molar-refractivity contribution in [3.05, 3.63) is 84.2 Å². The Bertz CT molecular complexity index is 1980. The van der Waals surface area contributed by atoms with Crippen LogP contribution in [0, 0.1) is 0 Å². The first kappa shape index (κ1) is 36.1. The molecular weight excluding hydrogens is 662 g/mol. The molecule has 0 saturated carbocycles. The highest BCUT2D eigenvalue weighted by molar-refractivity contribution is 6.31. The molecule has 17 nitrogen and oxygen atoms in total. The average molecular weight is 698 g/mol. The molecule has 2 aromatic carbocycles. The van der Waals surface area contributed by atoms with Gasteiger partial charge in [-0.25, -0.2) is 9.59 Å². The van der Waals surface area contributed by atoms with Gasteiger partial charge < -0.3 is 50.5 Å². The van der Waals surface area contributed by atoms with Crippen molar-refractivity contribution >= 4 is 23.3 Å². The number of ketones is 3. The summed E-state index contributed by atoms with van der Waals surface area (Å²) in [6.45, 7) is 3.19. The number of hydrogen-bond donors (Lipinski definition) is 8.